The number of carbonyl (C=O) groups is 1. The van der Waals surface area contributed by atoms with E-state index in [0.29, 0.717) is 0 Å². The Labute approximate surface area is 312 Å². The van der Waals surface area contributed by atoms with E-state index in [2.05, 4.69) is 39.8 Å². The zero-order valence-electron chi connectivity index (χ0n) is 33.3. The van der Waals surface area contributed by atoms with Crippen LogP contribution < -0.4 is 19.1 Å². The first-order valence-electron chi connectivity index (χ1n) is 21.3. The van der Waals surface area contributed by atoms with Gasteiger partial charge in [-0.05, 0) is 50.7 Å². The van der Waals surface area contributed by atoms with Crippen molar-refractivity contribution in [3.63, 3.8) is 0 Å². The quantitative estimate of drug-likeness (QED) is 0.0437. The monoisotopic (exact) mass is 713 g/mol. The summed E-state index contributed by atoms with van der Waals surface area (Å²) in [6.07, 6.45) is 35.1. The normalized spacial score (nSPS) is 11.6. The number of pyridine rings is 2. The van der Waals surface area contributed by atoms with Crippen LogP contribution in [0.5, 0.6) is 0 Å². The molecule has 0 aliphatic heterocycles. The van der Waals surface area contributed by atoms with Gasteiger partial charge in [-0.3, -0.25) is 0 Å². The molecular weight excluding hydrogens is 636 g/mol. The van der Waals surface area contributed by atoms with Gasteiger partial charge in [0.05, 0.1) is 0 Å². The number of hydrogen-bond donors (Lipinski definition) is 2. The van der Waals surface area contributed by atoms with Gasteiger partial charge < -0.3 is 10.2 Å². The Kier molecular flexibility index (Phi) is 24.3. The van der Waals surface area contributed by atoms with Crippen molar-refractivity contribution in [2.45, 2.75) is 213 Å². The molecule has 0 radical (unpaired) electrons. The van der Waals surface area contributed by atoms with Gasteiger partial charge >= 0.3 is 11.9 Å². The standard InChI is InChI=1S/C44H75N2O5/c1-5-9-13-17-21-25-31-39-33-29-37-45(41(39)35-27-23-19-15-11-7-3)50-44(49,43(47)48)51-46-38-30-34-40(32-26-22-18-14-10-6-2)42(46)36-28-24-20-16-12-8-4/h29-30,33-34,37-38,49H,5-28,31-32,35-36H2,1-4H3/q+1/p+1. The fourth-order valence-corrected chi connectivity index (χ4v) is 7.00. The molecule has 2 N–H and O–H groups in total. The number of aliphatic hydroxyl groups is 1. The smallest absolute Gasteiger partial charge is 0.473 e. The lowest BCUT2D eigenvalue weighted by Gasteiger charge is -2.18. The highest BCUT2D eigenvalue weighted by Gasteiger charge is 2.53. The Bertz CT molecular complexity index is 1100. The van der Waals surface area contributed by atoms with Gasteiger partial charge in [-0.25, -0.2) is 4.79 Å². The van der Waals surface area contributed by atoms with Gasteiger partial charge in [0.1, 0.15) is 0 Å². The molecule has 0 aliphatic rings. The summed E-state index contributed by atoms with van der Waals surface area (Å²) >= 11 is 0. The summed E-state index contributed by atoms with van der Waals surface area (Å²) in [6, 6.07) is 8.02. The van der Waals surface area contributed by atoms with Crippen LogP contribution in [0.1, 0.15) is 204 Å². The van der Waals surface area contributed by atoms with Crippen molar-refractivity contribution in [3.8, 4) is 0 Å². The molecule has 2 aromatic heterocycles. The number of carboxylic acids is 1. The van der Waals surface area contributed by atoms with Crippen LogP contribution in [0, 0.1) is 0 Å². The number of aromatic nitrogens is 2. The van der Waals surface area contributed by atoms with Crippen LogP contribution in [0.3, 0.4) is 0 Å². The summed E-state index contributed by atoms with van der Waals surface area (Å²) in [5, 5.41) is 22.1. The lowest BCUT2D eigenvalue weighted by molar-refractivity contribution is -0.991. The zero-order valence-corrected chi connectivity index (χ0v) is 33.3. The molecule has 0 saturated heterocycles. The highest BCUT2D eigenvalue weighted by atomic mass is 16.9. The second kappa shape index (κ2) is 27.9. The predicted octanol–water partition coefficient (Wildman–Crippen LogP) is 10.2. The van der Waals surface area contributed by atoms with E-state index in [9.17, 15) is 15.0 Å². The van der Waals surface area contributed by atoms with Gasteiger partial charge in [-0.15, -0.1) is 0 Å². The van der Waals surface area contributed by atoms with Crippen LogP contribution in [0.2, 0.25) is 0 Å². The molecule has 0 bridgehead atoms. The Hall–Kier alpha value is -2.67. The molecule has 0 saturated carbocycles. The fourth-order valence-electron chi connectivity index (χ4n) is 7.00. The third-order valence-corrected chi connectivity index (χ3v) is 10.2. The van der Waals surface area contributed by atoms with E-state index < -0.39 is 11.9 Å². The number of rotatable bonds is 33. The van der Waals surface area contributed by atoms with Crippen LogP contribution in [-0.4, -0.2) is 22.2 Å². The average Bonchev–Trinajstić information content (AvgIpc) is 3.12. The number of aliphatic carboxylic acids is 1. The molecule has 2 rings (SSSR count). The minimum atomic E-state index is -2.92. The molecule has 51 heavy (non-hydrogen) atoms. The number of nitrogens with zero attached hydrogens (tertiary/aromatic N) is 2. The maximum absolute atomic E-state index is 12.8. The lowest BCUT2D eigenvalue weighted by atomic mass is 10.0. The first-order chi connectivity index (χ1) is 24.9. The molecule has 0 spiro atoms. The third kappa shape index (κ3) is 18.1. The lowest BCUT2D eigenvalue weighted by Crippen LogP contribution is -2.71. The summed E-state index contributed by atoms with van der Waals surface area (Å²) in [5.41, 5.74) is 4.12. The fraction of sp³-hybridized carbons (Fsp3) is 0.750. The maximum Gasteiger partial charge on any atom is 0.582 e. The molecule has 2 heterocycles. The number of unbranched alkanes of at least 4 members (excludes halogenated alkanes) is 20. The van der Waals surface area contributed by atoms with Gasteiger partial charge in [0, 0.05) is 45.6 Å². The Balaban J connectivity index is 2.33. The molecule has 0 aliphatic carbocycles. The molecule has 0 amide bonds. The molecule has 0 aromatic carbocycles. The Morgan fingerprint density at radius 3 is 1.12 bits per heavy atom. The molecule has 0 fully saturated rings. The van der Waals surface area contributed by atoms with E-state index in [4.69, 9.17) is 9.68 Å². The first kappa shape index (κ1) is 44.5. The summed E-state index contributed by atoms with van der Waals surface area (Å²) in [5.74, 6) is -4.50. The van der Waals surface area contributed by atoms with E-state index in [1.165, 1.54) is 125 Å². The number of aryl methyl sites for hydroxylation is 2. The number of hydrogen-bond acceptors (Lipinski definition) is 4. The van der Waals surface area contributed by atoms with Gasteiger partial charge in [-0.1, -0.05) is 156 Å². The molecular formula is C44H76N2O5+2. The van der Waals surface area contributed by atoms with E-state index in [1.54, 1.807) is 12.4 Å². The van der Waals surface area contributed by atoms with Gasteiger partial charge in [-0.2, -0.15) is 9.68 Å². The molecule has 7 heteroatoms. The molecule has 2 aromatic rings. The molecule has 0 atom stereocenters. The largest absolute Gasteiger partial charge is 0.582 e. The van der Waals surface area contributed by atoms with E-state index >= 15 is 0 Å². The van der Waals surface area contributed by atoms with Crippen molar-refractivity contribution >= 4 is 5.97 Å². The molecule has 0 unspecified atom stereocenters. The maximum atomic E-state index is 12.8. The van der Waals surface area contributed by atoms with Gasteiger partial charge in [0.25, 0.3) is 0 Å². The van der Waals surface area contributed by atoms with Crippen LogP contribution in [0.4, 0.5) is 0 Å². The number of carboxylic acid groups (broad SMARTS) is 1. The van der Waals surface area contributed by atoms with Crippen molar-refractivity contribution < 1.29 is 34.1 Å². The third-order valence-electron chi connectivity index (χ3n) is 10.2. The molecule has 7 nitrogen and oxygen atoms in total. The van der Waals surface area contributed by atoms with Crippen LogP contribution in [0.25, 0.3) is 0 Å². The summed E-state index contributed by atoms with van der Waals surface area (Å²) < 4.78 is 2.95. The average molecular weight is 713 g/mol. The minimum Gasteiger partial charge on any atom is -0.473 e. The van der Waals surface area contributed by atoms with E-state index in [1.807, 2.05) is 12.1 Å². The van der Waals surface area contributed by atoms with E-state index in [-0.39, 0.29) is 0 Å². The first-order valence-corrected chi connectivity index (χ1v) is 21.3. The van der Waals surface area contributed by atoms with Crippen molar-refractivity contribution in [3.05, 3.63) is 59.2 Å². The SMILES string of the molecule is CCCCCCCCc1ccc[n+](OC(O)(O[n+]2cccc(CCCCCCCC)c2CCCCCCCC)C(=O)O)c1CCCCCCCC. The predicted molar refractivity (Wildman–Crippen MR) is 207 cm³/mol. The zero-order chi connectivity index (χ0) is 37.0. The second-order valence-corrected chi connectivity index (χ2v) is 14.8. The summed E-state index contributed by atoms with van der Waals surface area (Å²) in [6.45, 7) is 8.93. The van der Waals surface area contributed by atoms with Crippen molar-refractivity contribution in [2.75, 3.05) is 0 Å². The van der Waals surface area contributed by atoms with Gasteiger partial charge in [0.15, 0.2) is 0 Å². The van der Waals surface area contributed by atoms with Crippen molar-refractivity contribution in [1.29, 1.82) is 0 Å². The van der Waals surface area contributed by atoms with Crippen LogP contribution in [0.15, 0.2) is 36.7 Å². The van der Waals surface area contributed by atoms with Crippen molar-refractivity contribution in [2.24, 2.45) is 0 Å². The van der Waals surface area contributed by atoms with Crippen LogP contribution in [-0.2, 0) is 30.5 Å². The Morgan fingerprint density at radius 1 is 0.510 bits per heavy atom. The highest BCUT2D eigenvalue weighted by molar-refractivity contribution is 5.73. The van der Waals surface area contributed by atoms with Crippen molar-refractivity contribution in [1.82, 2.24) is 0 Å². The Morgan fingerprint density at radius 2 is 0.804 bits per heavy atom. The van der Waals surface area contributed by atoms with Gasteiger partial charge in [0.2, 0.25) is 23.8 Å². The van der Waals surface area contributed by atoms with Crippen LogP contribution >= 0.6 is 0 Å². The molecule has 290 valence electrons. The highest BCUT2D eigenvalue weighted by Crippen LogP contribution is 2.18. The topological polar surface area (TPSA) is 83.8 Å². The van der Waals surface area contributed by atoms with E-state index in [0.717, 1.165) is 86.7 Å². The summed E-state index contributed by atoms with van der Waals surface area (Å²) in [7, 11) is 0. The second-order valence-electron chi connectivity index (χ2n) is 14.8. The minimum absolute atomic E-state index is 0.748. The summed E-state index contributed by atoms with van der Waals surface area (Å²) in [4.78, 5) is 24.9.